The van der Waals surface area contributed by atoms with Gasteiger partial charge in [-0.3, -0.25) is 19.7 Å². The van der Waals surface area contributed by atoms with Gasteiger partial charge in [0.05, 0.1) is 19.3 Å². The third-order valence-electron chi connectivity index (χ3n) is 1.55. The van der Waals surface area contributed by atoms with Crippen LogP contribution in [-0.4, -0.2) is 31.2 Å². The molecule has 1 heterocycles. The molecule has 16 heavy (non-hydrogen) atoms. The van der Waals surface area contributed by atoms with E-state index in [9.17, 15) is 14.9 Å². The largest absolute Gasteiger partial charge is 0.433 e. The third kappa shape index (κ3) is 3.33. The predicted octanol–water partition coefficient (Wildman–Crippen LogP) is 0.496. The molecule has 0 radical (unpaired) electrons. The number of nitrogens with one attached hydrogen (secondary N) is 1. The van der Waals surface area contributed by atoms with Crippen molar-refractivity contribution in [2.75, 3.05) is 20.3 Å². The Balaban J connectivity index is 2.43. The third-order valence-corrected chi connectivity index (χ3v) is 1.55. The van der Waals surface area contributed by atoms with E-state index in [-0.39, 0.29) is 12.4 Å². The Morgan fingerprint density at radius 3 is 2.88 bits per heavy atom. The molecule has 0 aliphatic heterocycles. The van der Waals surface area contributed by atoms with Crippen molar-refractivity contribution in [1.29, 1.82) is 0 Å². The summed E-state index contributed by atoms with van der Waals surface area (Å²) in [6.45, 7) is 0.490. The average molecular weight is 230 g/mol. The number of methoxy groups -OCH3 is 1. The van der Waals surface area contributed by atoms with Gasteiger partial charge in [0.2, 0.25) is 5.76 Å². The van der Waals surface area contributed by atoms with Crippen LogP contribution in [0, 0.1) is 10.1 Å². The molecule has 1 N–H and O–H groups in total. The van der Waals surface area contributed by atoms with E-state index in [1.165, 1.54) is 13.2 Å². The number of furan rings is 1. The van der Waals surface area contributed by atoms with Crippen LogP contribution < -0.4 is 5.48 Å². The maximum Gasteiger partial charge on any atom is 0.433 e. The first-order chi connectivity index (χ1) is 7.65. The van der Waals surface area contributed by atoms with Crippen LogP contribution in [0.3, 0.4) is 0 Å². The van der Waals surface area contributed by atoms with Crippen molar-refractivity contribution in [3.63, 3.8) is 0 Å². The van der Waals surface area contributed by atoms with Crippen LogP contribution in [-0.2, 0) is 9.57 Å². The van der Waals surface area contributed by atoms with Crippen LogP contribution in [0.15, 0.2) is 16.5 Å². The molecule has 0 saturated carbocycles. The highest BCUT2D eigenvalue weighted by Gasteiger charge is 2.16. The summed E-state index contributed by atoms with van der Waals surface area (Å²) in [6.07, 6.45) is 0. The number of hydroxylamine groups is 1. The first-order valence-corrected chi connectivity index (χ1v) is 4.30. The van der Waals surface area contributed by atoms with E-state index in [2.05, 4.69) is 14.6 Å². The van der Waals surface area contributed by atoms with E-state index < -0.39 is 16.7 Å². The Morgan fingerprint density at radius 1 is 1.56 bits per heavy atom. The van der Waals surface area contributed by atoms with E-state index in [4.69, 9.17) is 4.84 Å². The molecule has 0 aliphatic carbocycles. The normalized spacial score (nSPS) is 10.1. The number of carbonyl (C=O) groups is 1. The molecule has 0 aromatic carbocycles. The van der Waals surface area contributed by atoms with Crippen molar-refractivity contribution in [3.8, 4) is 0 Å². The SMILES string of the molecule is COCCONC(=O)c1ccc([N+](=O)[O-])o1. The minimum absolute atomic E-state index is 0.172. The van der Waals surface area contributed by atoms with Crippen LogP contribution in [0.5, 0.6) is 0 Å². The molecule has 0 unspecified atom stereocenters. The fourth-order valence-electron chi connectivity index (χ4n) is 0.840. The molecule has 0 aliphatic rings. The fourth-order valence-corrected chi connectivity index (χ4v) is 0.840. The lowest BCUT2D eigenvalue weighted by Gasteiger charge is -2.02. The predicted molar refractivity (Wildman–Crippen MR) is 50.7 cm³/mol. The highest BCUT2D eigenvalue weighted by Crippen LogP contribution is 2.15. The average Bonchev–Trinajstić information content (AvgIpc) is 2.73. The van der Waals surface area contributed by atoms with Crippen molar-refractivity contribution < 1.29 is 23.7 Å². The summed E-state index contributed by atoms with van der Waals surface area (Å²) in [5.74, 6) is -1.38. The van der Waals surface area contributed by atoms with Gasteiger partial charge in [-0.2, -0.15) is 0 Å². The van der Waals surface area contributed by atoms with Gasteiger partial charge in [0.15, 0.2) is 0 Å². The lowest BCUT2D eigenvalue weighted by Crippen LogP contribution is -2.24. The summed E-state index contributed by atoms with van der Waals surface area (Å²) >= 11 is 0. The minimum Gasteiger partial charge on any atom is -0.395 e. The van der Waals surface area contributed by atoms with Crippen LogP contribution in [0.25, 0.3) is 0 Å². The van der Waals surface area contributed by atoms with Crippen LogP contribution in [0.4, 0.5) is 5.88 Å². The standard InChI is InChI=1S/C8H10N2O6/c1-14-4-5-15-9-8(11)6-2-3-7(16-6)10(12)13/h2-3H,4-5H2,1H3,(H,9,11). The Morgan fingerprint density at radius 2 is 2.31 bits per heavy atom. The molecule has 0 bridgehead atoms. The summed E-state index contributed by atoms with van der Waals surface area (Å²) in [5, 5.41) is 10.3. The van der Waals surface area contributed by atoms with Gasteiger partial charge in [0, 0.05) is 7.11 Å². The van der Waals surface area contributed by atoms with Crippen LogP contribution in [0.1, 0.15) is 10.6 Å². The van der Waals surface area contributed by atoms with Gasteiger partial charge in [-0.05, 0) is 6.07 Å². The number of rotatable bonds is 6. The molecular formula is C8H10N2O6. The first kappa shape index (κ1) is 12.1. The maximum absolute atomic E-state index is 11.3. The summed E-state index contributed by atoms with van der Waals surface area (Å²) < 4.78 is 9.32. The monoisotopic (exact) mass is 230 g/mol. The van der Waals surface area contributed by atoms with E-state index in [1.54, 1.807) is 0 Å². The molecule has 1 amide bonds. The lowest BCUT2D eigenvalue weighted by atomic mass is 10.4. The van der Waals surface area contributed by atoms with Gasteiger partial charge in [-0.25, -0.2) is 5.48 Å². The highest BCUT2D eigenvalue weighted by atomic mass is 16.7. The second-order valence-electron chi connectivity index (χ2n) is 2.67. The van der Waals surface area contributed by atoms with Crippen molar-refractivity contribution >= 4 is 11.8 Å². The smallest absolute Gasteiger partial charge is 0.395 e. The number of hydrogen-bond acceptors (Lipinski definition) is 6. The minimum atomic E-state index is -0.734. The fraction of sp³-hybridized carbons (Fsp3) is 0.375. The Kier molecular flexibility index (Phi) is 4.42. The van der Waals surface area contributed by atoms with E-state index in [1.807, 2.05) is 0 Å². The van der Waals surface area contributed by atoms with Crippen molar-refractivity contribution in [2.24, 2.45) is 0 Å². The maximum atomic E-state index is 11.3. The number of ether oxygens (including phenoxy) is 1. The van der Waals surface area contributed by atoms with E-state index in [0.717, 1.165) is 6.07 Å². The Hall–Kier alpha value is -1.93. The van der Waals surface area contributed by atoms with E-state index in [0.29, 0.717) is 6.61 Å². The molecule has 8 heteroatoms. The zero-order valence-corrected chi connectivity index (χ0v) is 8.47. The highest BCUT2D eigenvalue weighted by molar-refractivity contribution is 5.90. The van der Waals surface area contributed by atoms with Gasteiger partial charge >= 0.3 is 11.8 Å². The van der Waals surface area contributed by atoms with Crippen LogP contribution in [0.2, 0.25) is 0 Å². The number of nitrogens with zero attached hydrogens (tertiary/aromatic N) is 1. The molecule has 0 atom stereocenters. The van der Waals surface area contributed by atoms with Crippen molar-refractivity contribution in [1.82, 2.24) is 5.48 Å². The van der Waals surface area contributed by atoms with Gasteiger partial charge in [-0.15, -0.1) is 0 Å². The quantitative estimate of drug-likeness (QED) is 0.433. The van der Waals surface area contributed by atoms with Gasteiger partial charge in [0.1, 0.15) is 4.92 Å². The molecule has 88 valence electrons. The second-order valence-corrected chi connectivity index (χ2v) is 2.67. The Labute approximate surface area is 90.2 Å². The van der Waals surface area contributed by atoms with Gasteiger partial charge < -0.3 is 9.15 Å². The Bertz CT molecular complexity index is 374. The molecule has 8 nitrogen and oxygen atoms in total. The lowest BCUT2D eigenvalue weighted by molar-refractivity contribution is -0.402. The number of nitro groups is 1. The molecule has 1 rings (SSSR count). The molecule has 1 aromatic heterocycles. The molecular weight excluding hydrogens is 220 g/mol. The topological polar surface area (TPSA) is 104 Å². The summed E-state index contributed by atoms with van der Waals surface area (Å²) in [6, 6.07) is 2.28. The van der Waals surface area contributed by atoms with Crippen molar-refractivity contribution in [2.45, 2.75) is 0 Å². The summed E-state index contributed by atoms with van der Waals surface area (Å²) in [5.41, 5.74) is 2.05. The van der Waals surface area contributed by atoms with E-state index >= 15 is 0 Å². The molecule has 1 aromatic rings. The molecule has 0 saturated heterocycles. The second kappa shape index (κ2) is 5.83. The molecule has 0 spiro atoms. The zero-order chi connectivity index (χ0) is 12.0. The zero-order valence-electron chi connectivity index (χ0n) is 8.47. The number of carbonyl (C=O) groups excluding carboxylic acids is 1. The summed E-state index contributed by atoms with van der Waals surface area (Å²) in [7, 11) is 1.49. The van der Waals surface area contributed by atoms with Crippen molar-refractivity contribution in [3.05, 3.63) is 28.0 Å². The summed E-state index contributed by atoms with van der Waals surface area (Å²) in [4.78, 5) is 25.5. The van der Waals surface area contributed by atoms with Gasteiger partial charge in [0.25, 0.3) is 0 Å². The number of hydrogen-bond donors (Lipinski definition) is 1. The first-order valence-electron chi connectivity index (χ1n) is 4.30. The number of amides is 1. The molecule has 0 fully saturated rings. The van der Waals surface area contributed by atoms with Gasteiger partial charge in [-0.1, -0.05) is 0 Å². The van der Waals surface area contributed by atoms with Crippen LogP contribution >= 0.6 is 0 Å².